The van der Waals surface area contributed by atoms with Crippen molar-refractivity contribution >= 4 is 21.4 Å². The summed E-state index contributed by atoms with van der Waals surface area (Å²) in [5.74, 6) is -0.0281. The number of hydrogen-bond acceptors (Lipinski definition) is 5. The molecule has 0 amide bonds. The molecule has 1 aromatic carbocycles. The zero-order chi connectivity index (χ0) is 19.6. The SMILES string of the molecule is CCCc1cc(=O)n2nc(NCC(C)c3ccc(C(F)(F)F)cc3)sc2n1. The second kappa shape index (κ2) is 7.67. The molecule has 1 N–H and O–H groups in total. The van der Waals surface area contributed by atoms with Crippen molar-refractivity contribution < 1.29 is 13.2 Å². The van der Waals surface area contributed by atoms with Crippen molar-refractivity contribution in [2.45, 2.75) is 38.8 Å². The number of alkyl halides is 3. The van der Waals surface area contributed by atoms with Gasteiger partial charge in [0.15, 0.2) is 0 Å². The second-order valence-electron chi connectivity index (χ2n) is 6.34. The molecule has 1 atom stereocenters. The zero-order valence-electron chi connectivity index (χ0n) is 14.9. The molecule has 0 radical (unpaired) electrons. The zero-order valence-corrected chi connectivity index (χ0v) is 15.7. The lowest BCUT2D eigenvalue weighted by Crippen LogP contribution is -2.16. The number of nitrogens with one attached hydrogen (secondary N) is 1. The average molecular weight is 396 g/mol. The van der Waals surface area contributed by atoms with Crippen molar-refractivity contribution in [2.24, 2.45) is 0 Å². The van der Waals surface area contributed by atoms with Gasteiger partial charge in [0.05, 0.1) is 5.56 Å². The Hall–Kier alpha value is -2.42. The van der Waals surface area contributed by atoms with Crippen molar-refractivity contribution in [2.75, 3.05) is 11.9 Å². The molecule has 27 heavy (non-hydrogen) atoms. The van der Waals surface area contributed by atoms with Crippen molar-refractivity contribution in [1.29, 1.82) is 0 Å². The smallest absolute Gasteiger partial charge is 0.359 e. The van der Waals surface area contributed by atoms with Crippen LogP contribution in [0.25, 0.3) is 4.96 Å². The van der Waals surface area contributed by atoms with E-state index in [1.165, 1.54) is 34.1 Å². The van der Waals surface area contributed by atoms with Gasteiger partial charge in [-0.3, -0.25) is 4.79 Å². The monoisotopic (exact) mass is 396 g/mol. The molecule has 2 heterocycles. The number of rotatable bonds is 6. The highest BCUT2D eigenvalue weighted by Crippen LogP contribution is 2.30. The Bertz CT molecular complexity index is 979. The van der Waals surface area contributed by atoms with Crippen molar-refractivity contribution in [1.82, 2.24) is 14.6 Å². The molecule has 0 spiro atoms. The third-order valence-electron chi connectivity index (χ3n) is 4.17. The average Bonchev–Trinajstić information content (AvgIpc) is 3.03. The number of anilines is 1. The van der Waals surface area contributed by atoms with E-state index in [9.17, 15) is 18.0 Å². The van der Waals surface area contributed by atoms with Crippen LogP contribution >= 0.6 is 11.3 Å². The molecule has 0 aliphatic heterocycles. The van der Waals surface area contributed by atoms with Crippen molar-refractivity contribution in [3.63, 3.8) is 0 Å². The summed E-state index contributed by atoms with van der Waals surface area (Å²) in [6.45, 7) is 4.40. The van der Waals surface area contributed by atoms with Gasteiger partial charge in [0.1, 0.15) is 0 Å². The molecule has 5 nitrogen and oxygen atoms in total. The van der Waals surface area contributed by atoms with Crippen LogP contribution in [0.5, 0.6) is 0 Å². The number of halogens is 3. The Morgan fingerprint density at radius 2 is 1.96 bits per heavy atom. The minimum absolute atomic E-state index is 0.0281. The number of aryl methyl sites for hydroxylation is 1. The van der Waals surface area contributed by atoms with Crippen LogP contribution in [-0.2, 0) is 12.6 Å². The summed E-state index contributed by atoms with van der Waals surface area (Å²) in [6.07, 6.45) is -2.70. The van der Waals surface area contributed by atoms with E-state index in [0.29, 0.717) is 16.6 Å². The van der Waals surface area contributed by atoms with Gasteiger partial charge in [0, 0.05) is 18.3 Å². The first-order valence-electron chi connectivity index (χ1n) is 8.58. The highest BCUT2D eigenvalue weighted by molar-refractivity contribution is 7.20. The molecule has 0 aliphatic rings. The minimum atomic E-state index is -4.34. The first kappa shape index (κ1) is 19.3. The van der Waals surface area contributed by atoms with Crippen molar-refractivity contribution in [3.05, 3.63) is 57.5 Å². The van der Waals surface area contributed by atoms with Gasteiger partial charge in [-0.1, -0.05) is 43.7 Å². The minimum Gasteiger partial charge on any atom is -0.359 e. The summed E-state index contributed by atoms with van der Waals surface area (Å²) in [6, 6.07) is 6.63. The second-order valence-corrected chi connectivity index (χ2v) is 7.29. The number of hydrogen-bond donors (Lipinski definition) is 1. The molecule has 3 aromatic rings. The summed E-state index contributed by atoms with van der Waals surface area (Å²) in [5.41, 5.74) is 0.655. The third-order valence-corrected chi connectivity index (χ3v) is 5.04. The summed E-state index contributed by atoms with van der Waals surface area (Å²) in [4.78, 5) is 17.1. The Balaban J connectivity index is 1.70. The van der Waals surface area contributed by atoms with E-state index >= 15 is 0 Å². The van der Waals surface area contributed by atoms with Crippen molar-refractivity contribution in [3.8, 4) is 0 Å². The summed E-state index contributed by atoms with van der Waals surface area (Å²) >= 11 is 1.28. The first-order valence-corrected chi connectivity index (χ1v) is 9.40. The Labute approximate surface area is 157 Å². The number of benzene rings is 1. The molecule has 9 heteroatoms. The largest absolute Gasteiger partial charge is 0.416 e. The van der Waals surface area contributed by atoms with Gasteiger partial charge in [0.25, 0.3) is 5.56 Å². The molecule has 0 saturated carbocycles. The van der Waals surface area contributed by atoms with Crippen LogP contribution in [0.1, 0.15) is 43.0 Å². The predicted octanol–water partition coefficient (Wildman–Crippen LogP) is 4.34. The molecule has 0 fully saturated rings. The fourth-order valence-corrected chi connectivity index (χ4v) is 3.50. The van der Waals surface area contributed by atoms with Gasteiger partial charge in [-0.25, -0.2) is 4.98 Å². The van der Waals surface area contributed by atoms with Gasteiger partial charge in [-0.2, -0.15) is 17.7 Å². The normalized spacial score (nSPS) is 13.1. The molecule has 0 saturated heterocycles. The van der Waals surface area contributed by atoms with Crippen LogP contribution < -0.4 is 10.9 Å². The van der Waals surface area contributed by atoms with Crippen LogP contribution in [0, 0.1) is 0 Å². The fraction of sp³-hybridized carbons (Fsp3) is 0.389. The first-order chi connectivity index (χ1) is 12.8. The molecule has 2 aromatic heterocycles. The Kier molecular flexibility index (Phi) is 5.50. The maximum absolute atomic E-state index is 12.6. The third kappa shape index (κ3) is 4.47. The lowest BCUT2D eigenvalue weighted by Gasteiger charge is -2.13. The van der Waals surface area contributed by atoms with Gasteiger partial charge < -0.3 is 5.32 Å². The van der Waals surface area contributed by atoms with Crippen LogP contribution in [-0.4, -0.2) is 21.1 Å². The number of fused-ring (bicyclic) bond motifs is 1. The van der Waals surface area contributed by atoms with Crippen LogP contribution in [0.3, 0.4) is 0 Å². The van der Waals surface area contributed by atoms with E-state index in [1.807, 2.05) is 13.8 Å². The molecule has 0 bridgehead atoms. The molecule has 144 valence electrons. The summed E-state index contributed by atoms with van der Waals surface area (Å²) in [5, 5.41) is 7.92. The number of aromatic nitrogens is 3. The summed E-state index contributed by atoms with van der Waals surface area (Å²) < 4.78 is 39.2. The Morgan fingerprint density at radius 1 is 1.26 bits per heavy atom. The molecular weight excluding hydrogens is 377 g/mol. The van der Waals surface area contributed by atoms with Gasteiger partial charge in [-0.05, 0) is 30.0 Å². The van der Waals surface area contributed by atoms with Crippen LogP contribution in [0.2, 0.25) is 0 Å². The van der Waals surface area contributed by atoms with E-state index in [4.69, 9.17) is 0 Å². The quantitative estimate of drug-likeness (QED) is 0.674. The fourth-order valence-electron chi connectivity index (χ4n) is 2.67. The van der Waals surface area contributed by atoms with Crippen LogP contribution in [0.4, 0.5) is 18.3 Å². The Morgan fingerprint density at radius 3 is 2.59 bits per heavy atom. The lowest BCUT2D eigenvalue weighted by atomic mass is 10.00. The van der Waals surface area contributed by atoms with Gasteiger partial charge in [-0.15, -0.1) is 5.10 Å². The molecule has 3 rings (SSSR count). The lowest BCUT2D eigenvalue weighted by molar-refractivity contribution is -0.137. The standard InChI is InChI=1S/C18H19F3N4OS/c1-3-4-14-9-15(26)25-17(23-14)27-16(24-25)22-10-11(2)12-5-7-13(8-6-12)18(19,20)21/h5-9,11H,3-4,10H2,1-2H3,(H,22,24). The van der Waals surface area contributed by atoms with E-state index in [1.54, 1.807) is 0 Å². The van der Waals surface area contributed by atoms with Gasteiger partial charge in [0.2, 0.25) is 10.1 Å². The van der Waals surface area contributed by atoms with E-state index in [2.05, 4.69) is 15.4 Å². The highest BCUT2D eigenvalue weighted by Gasteiger charge is 2.30. The molecular formula is C18H19F3N4OS. The van der Waals surface area contributed by atoms with E-state index in [0.717, 1.165) is 36.2 Å². The van der Waals surface area contributed by atoms with E-state index < -0.39 is 11.7 Å². The number of nitrogens with zero attached hydrogens (tertiary/aromatic N) is 3. The maximum atomic E-state index is 12.6. The van der Waals surface area contributed by atoms with E-state index in [-0.39, 0.29) is 11.5 Å². The molecule has 0 aliphatic carbocycles. The molecule has 1 unspecified atom stereocenters. The highest BCUT2D eigenvalue weighted by atomic mass is 32.1. The predicted molar refractivity (Wildman–Crippen MR) is 99.5 cm³/mol. The van der Waals surface area contributed by atoms with Crippen LogP contribution in [0.15, 0.2) is 35.1 Å². The topological polar surface area (TPSA) is 59.3 Å². The summed E-state index contributed by atoms with van der Waals surface area (Å²) in [7, 11) is 0. The van der Waals surface area contributed by atoms with Gasteiger partial charge >= 0.3 is 6.18 Å². The maximum Gasteiger partial charge on any atom is 0.416 e.